The quantitative estimate of drug-likeness (QED) is 0.833. The molecule has 0 radical (unpaired) electrons. The van der Waals surface area contributed by atoms with E-state index in [4.69, 9.17) is 10.3 Å². The van der Waals surface area contributed by atoms with Crippen molar-refractivity contribution in [2.24, 2.45) is 5.73 Å². The molecule has 0 bridgehead atoms. The van der Waals surface area contributed by atoms with Crippen LogP contribution < -0.4 is 5.73 Å². The predicted octanol–water partition coefficient (Wildman–Crippen LogP) is 1.98. The van der Waals surface area contributed by atoms with Gasteiger partial charge < -0.3 is 10.3 Å². The number of nitrogens with two attached hydrogens (primary N) is 1. The van der Waals surface area contributed by atoms with Crippen molar-refractivity contribution in [2.45, 2.75) is 42.9 Å². The molecule has 1 saturated carbocycles. The Morgan fingerprint density at radius 3 is 2.93 bits per heavy atom. The van der Waals surface area contributed by atoms with Gasteiger partial charge in [-0.2, -0.15) is 16.7 Å². The minimum absolute atomic E-state index is 0.287. The topological polar surface area (TPSA) is 64.9 Å². The van der Waals surface area contributed by atoms with Crippen LogP contribution in [-0.2, 0) is 5.54 Å². The van der Waals surface area contributed by atoms with E-state index in [0.29, 0.717) is 11.1 Å². The molecule has 15 heavy (non-hydrogen) atoms. The van der Waals surface area contributed by atoms with Crippen molar-refractivity contribution in [1.82, 2.24) is 10.1 Å². The highest BCUT2D eigenvalue weighted by Gasteiger charge is 2.46. The van der Waals surface area contributed by atoms with Crippen LogP contribution in [0.25, 0.3) is 0 Å². The van der Waals surface area contributed by atoms with Gasteiger partial charge in [0.05, 0.1) is 10.8 Å². The highest BCUT2D eigenvalue weighted by molar-refractivity contribution is 7.99. The lowest BCUT2D eigenvalue weighted by Crippen LogP contribution is -2.19. The Hall–Kier alpha value is -0.550. The molecule has 2 fully saturated rings. The van der Waals surface area contributed by atoms with E-state index in [2.05, 4.69) is 10.1 Å². The Morgan fingerprint density at radius 1 is 1.40 bits per heavy atom. The molecular weight excluding hydrogens is 210 g/mol. The molecule has 1 aliphatic heterocycles. The van der Waals surface area contributed by atoms with Crippen LogP contribution in [0, 0.1) is 0 Å². The van der Waals surface area contributed by atoms with E-state index < -0.39 is 0 Å². The average Bonchev–Trinajstić information content (AvgIpc) is 2.85. The van der Waals surface area contributed by atoms with Gasteiger partial charge in [-0.3, -0.25) is 0 Å². The molecule has 2 aliphatic rings. The largest absolute Gasteiger partial charge is 0.337 e. The third-order valence-corrected chi connectivity index (χ3v) is 4.50. The van der Waals surface area contributed by atoms with Crippen LogP contribution >= 0.6 is 11.8 Å². The zero-order valence-corrected chi connectivity index (χ0v) is 9.42. The maximum Gasteiger partial charge on any atom is 0.246 e. The first-order valence-electron chi connectivity index (χ1n) is 5.52. The molecule has 5 heteroatoms. The first-order valence-corrected chi connectivity index (χ1v) is 6.57. The molecule has 3 rings (SSSR count). The summed E-state index contributed by atoms with van der Waals surface area (Å²) in [7, 11) is 0. The highest BCUT2D eigenvalue weighted by Crippen LogP contribution is 2.43. The molecule has 82 valence electrons. The van der Waals surface area contributed by atoms with Gasteiger partial charge in [0.15, 0.2) is 5.82 Å². The Bertz CT molecular complexity index is 355. The second-order valence-corrected chi connectivity index (χ2v) is 5.78. The summed E-state index contributed by atoms with van der Waals surface area (Å²) in [6.07, 6.45) is 5.71. The van der Waals surface area contributed by atoms with Crippen LogP contribution in [0.2, 0.25) is 0 Å². The van der Waals surface area contributed by atoms with E-state index in [1.165, 1.54) is 25.0 Å². The summed E-state index contributed by atoms with van der Waals surface area (Å²) in [5.41, 5.74) is 5.72. The normalized spacial score (nSPS) is 29.0. The van der Waals surface area contributed by atoms with Gasteiger partial charge in [-0.05, 0) is 31.4 Å². The van der Waals surface area contributed by atoms with Crippen molar-refractivity contribution in [1.29, 1.82) is 0 Å². The molecule has 0 amide bonds. The van der Waals surface area contributed by atoms with Crippen LogP contribution in [0.15, 0.2) is 4.52 Å². The molecular formula is C10H15N3OS. The number of nitrogens with zero attached hydrogens (tertiary/aromatic N) is 2. The van der Waals surface area contributed by atoms with Crippen molar-refractivity contribution in [3.63, 3.8) is 0 Å². The lowest BCUT2D eigenvalue weighted by molar-refractivity contribution is 0.343. The first-order chi connectivity index (χ1) is 7.28. The van der Waals surface area contributed by atoms with Gasteiger partial charge in [0.1, 0.15) is 0 Å². The Kier molecular flexibility index (Phi) is 2.25. The Morgan fingerprint density at radius 2 is 2.27 bits per heavy atom. The summed E-state index contributed by atoms with van der Waals surface area (Å²) >= 11 is 1.93. The lowest BCUT2D eigenvalue weighted by Gasteiger charge is -2.17. The van der Waals surface area contributed by atoms with E-state index in [0.717, 1.165) is 18.7 Å². The van der Waals surface area contributed by atoms with Gasteiger partial charge in [-0.1, -0.05) is 11.6 Å². The maximum atomic E-state index is 6.01. The molecule has 4 nitrogen and oxygen atoms in total. The number of thioether (sulfide) groups is 1. The fraction of sp³-hybridized carbons (Fsp3) is 0.800. The monoisotopic (exact) mass is 225 g/mol. The summed E-state index contributed by atoms with van der Waals surface area (Å²) in [5.74, 6) is 2.71. The van der Waals surface area contributed by atoms with Gasteiger partial charge >= 0.3 is 0 Å². The minimum Gasteiger partial charge on any atom is -0.337 e. The maximum absolute atomic E-state index is 6.01. The van der Waals surface area contributed by atoms with Crippen molar-refractivity contribution in [3.05, 3.63) is 11.7 Å². The predicted molar refractivity (Wildman–Crippen MR) is 58.4 cm³/mol. The molecule has 1 aromatic heterocycles. The van der Waals surface area contributed by atoms with Crippen molar-refractivity contribution >= 4 is 11.8 Å². The van der Waals surface area contributed by atoms with Gasteiger partial charge in [-0.25, -0.2) is 0 Å². The fourth-order valence-electron chi connectivity index (χ4n) is 1.86. The number of rotatable bonds is 2. The van der Waals surface area contributed by atoms with Crippen LogP contribution in [0.5, 0.6) is 0 Å². The Labute approximate surface area is 93.0 Å². The lowest BCUT2D eigenvalue weighted by atomic mass is 10.2. The Balaban J connectivity index is 1.77. The zero-order chi connectivity index (χ0) is 10.3. The molecule has 1 aromatic rings. The smallest absolute Gasteiger partial charge is 0.246 e. The van der Waals surface area contributed by atoms with Gasteiger partial charge in [0.2, 0.25) is 5.89 Å². The third kappa shape index (κ3) is 1.78. The van der Waals surface area contributed by atoms with Crippen LogP contribution in [-0.4, -0.2) is 15.9 Å². The van der Waals surface area contributed by atoms with Crippen LogP contribution in [0.4, 0.5) is 0 Å². The van der Waals surface area contributed by atoms with Gasteiger partial charge in [0.25, 0.3) is 0 Å². The average molecular weight is 225 g/mol. The van der Waals surface area contributed by atoms with E-state index in [-0.39, 0.29) is 5.54 Å². The molecule has 0 spiro atoms. The molecule has 0 aromatic carbocycles. The molecule has 1 aliphatic carbocycles. The van der Waals surface area contributed by atoms with Gasteiger partial charge in [-0.15, -0.1) is 0 Å². The molecule has 1 saturated heterocycles. The van der Waals surface area contributed by atoms with Crippen molar-refractivity contribution < 1.29 is 4.52 Å². The molecule has 2 heterocycles. The highest BCUT2D eigenvalue weighted by atomic mass is 32.2. The number of hydrogen-bond acceptors (Lipinski definition) is 5. The van der Waals surface area contributed by atoms with E-state index >= 15 is 0 Å². The van der Waals surface area contributed by atoms with E-state index in [9.17, 15) is 0 Å². The minimum atomic E-state index is -0.287. The zero-order valence-electron chi connectivity index (χ0n) is 8.61. The third-order valence-electron chi connectivity index (χ3n) is 3.12. The summed E-state index contributed by atoms with van der Waals surface area (Å²) < 4.78 is 5.25. The molecule has 1 atom stereocenters. The summed E-state index contributed by atoms with van der Waals surface area (Å²) in [4.78, 5) is 4.44. The van der Waals surface area contributed by atoms with Crippen molar-refractivity contribution in [2.75, 3.05) is 5.75 Å². The second-order valence-electron chi connectivity index (χ2n) is 4.47. The molecule has 1 unspecified atom stereocenters. The van der Waals surface area contributed by atoms with Crippen LogP contribution in [0.3, 0.4) is 0 Å². The van der Waals surface area contributed by atoms with E-state index in [1.54, 1.807) is 0 Å². The summed E-state index contributed by atoms with van der Waals surface area (Å²) in [6, 6.07) is 0. The first kappa shape index (κ1) is 9.66. The summed E-state index contributed by atoms with van der Waals surface area (Å²) in [6.45, 7) is 0. The summed E-state index contributed by atoms with van der Waals surface area (Å²) in [5, 5.41) is 4.49. The molecule has 2 N–H and O–H groups in total. The number of aromatic nitrogens is 2. The van der Waals surface area contributed by atoms with Crippen molar-refractivity contribution in [3.8, 4) is 0 Å². The fourth-order valence-corrected chi connectivity index (χ4v) is 3.09. The second kappa shape index (κ2) is 3.49. The number of hydrogen-bond donors (Lipinski definition) is 1. The SMILES string of the molecule is NC1(c2nc(C3CCCCS3)no2)CC1. The standard InChI is InChI=1S/C10H15N3OS/c11-10(4-5-10)9-12-8(13-14-9)7-3-1-2-6-15-7/h7H,1-6,11H2. The van der Waals surface area contributed by atoms with E-state index in [1.807, 2.05) is 11.8 Å². The van der Waals surface area contributed by atoms with Gasteiger partial charge in [0, 0.05) is 0 Å². The van der Waals surface area contributed by atoms with Crippen LogP contribution in [0.1, 0.15) is 49.1 Å².